The number of carbonyl (C=O) groups excluding carboxylic acids is 1. The lowest BCUT2D eigenvalue weighted by atomic mass is 10.0. The zero-order valence-corrected chi connectivity index (χ0v) is 17.3. The van der Waals surface area contributed by atoms with Gasteiger partial charge in [-0.2, -0.15) is 0 Å². The molecule has 3 heterocycles. The summed E-state index contributed by atoms with van der Waals surface area (Å²) in [7, 11) is 2.21. The highest BCUT2D eigenvalue weighted by Crippen LogP contribution is 2.50. The van der Waals surface area contributed by atoms with Crippen LogP contribution in [0, 0.1) is 0 Å². The van der Waals surface area contributed by atoms with Crippen molar-refractivity contribution >= 4 is 29.0 Å². The number of hydrogen-bond acceptors (Lipinski definition) is 4. The number of amides is 1. The molecule has 0 N–H and O–H groups in total. The van der Waals surface area contributed by atoms with Crippen LogP contribution in [0.4, 0.5) is 11.4 Å². The SMILES string of the molecule is CN1CCC(N2c3ccccc3Sc3cc(C(=O)N4CCCC4)ccc32)CC1. The second-order valence-corrected chi connectivity index (χ2v) is 9.24. The molecule has 0 aliphatic carbocycles. The lowest BCUT2D eigenvalue weighted by molar-refractivity contribution is 0.0792. The standard InChI is InChI=1S/C23H27N3OS/c1-24-14-10-18(11-15-24)26-19-6-2-3-7-21(19)28-22-16-17(8-9-20(22)26)23(27)25-12-4-5-13-25/h2-3,6-9,16,18H,4-5,10-15H2,1H3. The first-order chi connectivity index (χ1) is 13.7. The number of nitrogens with zero attached hydrogens (tertiary/aromatic N) is 3. The Kier molecular flexibility index (Phi) is 4.81. The Hall–Kier alpha value is -1.98. The minimum atomic E-state index is 0.186. The molecule has 1 amide bonds. The molecule has 0 bridgehead atoms. The molecular weight excluding hydrogens is 366 g/mol. The van der Waals surface area contributed by atoms with Crippen LogP contribution < -0.4 is 4.90 Å². The predicted octanol–water partition coefficient (Wildman–Crippen LogP) is 4.62. The monoisotopic (exact) mass is 393 g/mol. The number of piperidine rings is 1. The van der Waals surface area contributed by atoms with Gasteiger partial charge in [-0.3, -0.25) is 4.79 Å². The molecule has 0 spiro atoms. The maximum atomic E-state index is 12.9. The third-order valence-electron chi connectivity index (χ3n) is 6.26. The van der Waals surface area contributed by atoms with Gasteiger partial charge in [0.1, 0.15) is 0 Å². The first-order valence-corrected chi connectivity index (χ1v) is 11.2. The molecule has 0 radical (unpaired) electrons. The number of fused-ring (bicyclic) bond motifs is 2. The number of rotatable bonds is 2. The minimum Gasteiger partial charge on any atom is -0.339 e. The van der Waals surface area contributed by atoms with Crippen LogP contribution in [0.1, 0.15) is 36.0 Å². The van der Waals surface area contributed by atoms with Crippen LogP contribution >= 0.6 is 11.8 Å². The maximum absolute atomic E-state index is 12.9. The second kappa shape index (κ2) is 7.45. The van der Waals surface area contributed by atoms with Crippen molar-refractivity contribution in [3.8, 4) is 0 Å². The maximum Gasteiger partial charge on any atom is 0.253 e. The smallest absolute Gasteiger partial charge is 0.253 e. The van der Waals surface area contributed by atoms with Gasteiger partial charge in [0.2, 0.25) is 0 Å². The molecule has 5 rings (SSSR count). The Labute approximate surface area is 171 Å². The van der Waals surface area contributed by atoms with Crippen LogP contribution in [0.15, 0.2) is 52.3 Å². The number of carbonyl (C=O) groups is 1. The van der Waals surface area contributed by atoms with Crippen LogP contribution in [-0.2, 0) is 0 Å². The Balaban J connectivity index is 1.51. The number of hydrogen-bond donors (Lipinski definition) is 0. The Morgan fingerprint density at radius 3 is 2.43 bits per heavy atom. The van der Waals surface area contributed by atoms with E-state index in [1.165, 1.54) is 34.0 Å². The first kappa shape index (κ1) is 18.1. The van der Waals surface area contributed by atoms with E-state index in [1.54, 1.807) is 11.8 Å². The van der Waals surface area contributed by atoms with Crippen molar-refractivity contribution in [2.45, 2.75) is 41.5 Å². The molecule has 0 saturated carbocycles. The topological polar surface area (TPSA) is 26.8 Å². The molecule has 146 valence electrons. The fraction of sp³-hybridized carbons (Fsp3) is 0.435. The van der Waals surface area contributed by atoms with Gasteiger partial charge in [-0.1, -0.05) is 23.9 Å². The van der Waals surface area contributed by atoms with E-state index in [1.807, 2.05) is 11.0 Å². The average molecular weight is 394 g/mol. The summed E-state index contributed by atoms with van der Waals surface area (Å²) in [6, 6.07) is 15.6. The molecule has 2 aromatic rings. The normalized spacial score (nSPS) is 20.2. The largest absolute Gasteiger partial charge is 0.339 e. The highest BCUT2D eigenvalue weighted by atomic mass is 32.2. The van der Waals surface area contributed by atoms with E-state index >= 15 is 0 Å². The third-order valence-corrected chi connectivity index (χ3v) is 7.37. The molecule has 5 heteroatoms. The van der Waals surface area contributed by atoms with Crippen molar-refractivity contribution in [1.82, 2.24) is 9.80 Å². The summed E-state index contributed by atoms with van der Waals surface area (Å²) >= 11 is 1.80. The summed E-state index contributed by atoms with van der Waals surface area (Å²) < 4.78 is 0. The molecular formula is C23H27N3OS. The molecule has 4 nitrogen and oxygen atoms in total. The third kappa shape index (κ3) is 3.20. The van der Waals surface area contributed by atoms with E-state index in [0.29, 0.717) is 6.04 Å². The van der Waals surface area contributed by atoms with E-state index in [-0.39, 0.29) is 5.91 Å². The van der Waals surface area contributed by atoms with E-state index in [9.17, 15) is 4.79 Å². The summed E-state index contributed by atoms with van der Waals surface area (Å²) in [5.41, 5.74) is 3.40. The highest BCUT2D eigenvalue weighted by Gasteiger charge is 2.31. The van der Waals surface area contributed by atoms with Crippen molar-refractivity contribution in [1.29, 1.82) is 0 Å². The van der Waals surface area contributed by atoms with Gasteiger partial charge < -0.3 is 14.7 Å². The first-order valence-electron chi connectivity index (χ1n) is 10.4. The summed E-state index contributed by atoms with van der Waals surface area (Å²) in [6.45, 7) is 4.07. The Bertz CT molecular complexity index is 885. The van der Waals surface area contributed by atoms with Crippen molar-refractivity contribution in [3.05, 3.63) is 48.0 Å². The zero-order valence-electron chi connectivity index (χ0n) is 16.4. The molecule has 3 aliphatic heterocycles. The average Bonchev–Trinajstić information content (AvgIpc) is 3.27. The summed E-state index contributed by atoms with van der Waals surface area (Å²) in [5, 5.41) is 0. The van der Waals surface area contributed by atoms with Gasteiger partial charge >= 0.3 is 0 Å². The molecule has 2 fully saturated rings. The van der Waals surface area contributed by atoms with Gasteiger partial charge in [0.25, 0.3) is 5.91 Å². The molecule has 0 aromatic heterocycles. The summed E-state index contributed by atoms with van der Waals surface area (Å²) in [6.07, 6.45) is 4.60. The zero-order chi connectivity index (χ0) is 19.1. The van der Waals surface area contributed by atoms with Gasteiger partial charge in [0, 0.05) is 34.5 Å². The van der Waals surface area contributed by atoms with Gasteiger partial charge in [-0.05, 0) is 76.2 Å². The molecule has 3 aliphatic rings. The van der Waals surface area contributed by atoms with Crippen molar-refractivity contribution in [2.75, 3.05) is 38.1 Å². The Morgan fingerprint density at radius 2 is 1.64 bits per heavy atom. The number of benzene rings is 2. The minimum absolute atomic E-state index is 0.186. The fourth-order valence-corrected chi connectivity index (χ4v) is 5.78. The van der Waals surface area contributed by atoms with Crippen LogP contribution in [0.3, 0.4) is 0 Å². The van der Waals surface area contributed by atoms with Crippen LogP contribution in [-0.4, -0.2) is 55.0 Å². The lowest BCUT2D eigenvalue weighted by Gasteiger charge is -2.42. The van der Waals surface area contributed by atoms with Gasteiger partial charge in [0.15, 0.2) is 0 Å². The number of anilines is 2. The fourth-order valence-electron chi connectivity index (χ4n) is 4.67. The Morgan fingerprint density at radius 1 is 0.929 bits per heavy atom. The molecule has 0 unspecified atom stereocenters. The van der Waals surface area contributed by atoms with Crippen LogP contribution in [0.25, 0.3) is 0 Å². The summed E-state index contributed by atoms with van der Waals surface area (Å²) in [4.78, 5) is 22.4. The van der Waals surface area contributed by atoms with Crippen molar-refractivity contribution < 1.29 is 4.79 Å². The van der Waals surface area contributed by atoms with Gasteiger partial charge in [-0.15, -0.1) is 0 Å². The number of likely N-dealkylation sites (tertiary alicyclic amines) is 2. The predicted molar refractivity (Wildman–Crippen MR) is 115 cm³/mol. The van der Waals surface area contributed by atoms with Crippen LogP contribution in [0.5, 0.6) is 0 Å². The van der Waals surface area contributed by atoms with Crippen molar-refractivity contribution in [2.24, 2.45) is 0 Å². The quantitative estimate of drug-likeness (QED) is 0.744. The van der Waals surface area contributed by atoms with Crippen molar-refractivity contribution in [3.63, 3.8) is 0 Å². The molecule has 2 aromatic carbocycles. The van der Waals surface area contributed by atoms with E-state index < -0.39 is 0 Å². The lowest BCUT2D eigenvalue weighted by Crippen LogP contribution is -2.42. The summed E-state index contributed by atoms with van der Waals surface area (Å²) in [5.74, 6) is 0.186. The van der Waals surface area contributed by atoms with E-state index in [0.717, 1.165) is 44.6 Å². The number of para-hydroxylation sites is 1. The highest BCUT2D eigenvalue weighted by molar-refractivity contribution is 7.99. The van der Waals surface area contributed by atoms with E-state index in [4.69, 9.17) is 0 Å². The molecule has 28 heavy (non-hydrogen) atoms. The molecule has 0 atom stereocenters. The van der Waals surface area contributed by atoms with Gasteiger partial charge in [0.05, 0.1) is 11.4 Å². The molecule has 2 saturated heterocycles. The van der Waals surface area contributed by atoms with Crippen LogP contribution in [0.2, 0.25) is 0 Å². The second-order valence-electron chi connectivity index (χ2n) is 8.16. The van der Waals surface area contributed by atoms with Gasteiger partial charge in [-0.25, -0.2) is 0 Å². The van der Waals surface area contributed by atoms with E-state index in [2.05, 4.69) is 53.2 Å².